The second-order valence-electron chi connectivity index (χ2n) is 6.16. The number of hydrogen-bond acceptors (Lipinski definition) is 4. The van der Waals surface area contributed by atoms with Gasteiger partial charge in [0.05, 0.1) is 11.4 Å². The number of aromatic nitrogens is 5. The van der Waals surface area contributed by atoms with Crippen molar-refractivity contribution in [1.82, 2.24) is 30.1 Å². The van der Waals surface area contributed by atoms with Crippen LogP contribution in [0.2, 0.25) is 0 Å². The highest BCUT2D eigenvalue weighted by Gasteiger charge is 2.17. The molecule has 1 N–H and O–H groups in total. The third kappa shape index (κ3) is 3.93. The zero-order valence-corrected chi connectivity index (χ0v) is 14.7. The van der Waals surface area contributed by atoms with Gasteiger partial charge in [0, 0.05) is 25.5 Å². The average Bonchev–Trinajstić information content (AvgIpc) is 3.20. The van der Waals surface area contributed by atoms with E-state index >= 15 is 0 Å². The van der Waals surface area contributed by atoms with Crippen LogP contribution in [0.15, 0.2) is 36.7 Å². The molecule has 0 saturated heterocycles. The minimum Gasteiger partial charge on any atom is -0.351 e. The zero-order valence-electron chi connectivity index (χ0n) is 14.7. The van der Waals surface area contributed by atoms with Crippen molar-refractivity contribution in [2.24, 2.45) is 0 Å². The molecule has 0 aliphatic heterocycles. The van der Waals surface area contributed by atoms with E-state index in [1.807, 2.05) is 49.8 Å². The summed E-state index contributed by atoms with van der Waals surface area (Å²) >= 11 is 0. The van der Waals surface area contributed by atoms with Crippen molar-refractivity contribution in [1.29, 1.82) is 0 Å². The summed E-state index contributed by atoms with van der Waals surface area (Å²) in [6, 6.07) is 8.04. The lowest BCUT2D eigenvalue weighted by molar-refractivity contribution is 0.0947. The molecule has 1 amide bonds. The van der Waals surface area contributed by atoms with E-state index in [0.29, 0.717) is 12.2 Å². The van der Waals surface area contributed by atoms with Gasteiger partial charge in [-0.1, -0.05) is 11.3 Å². The van der Waals surface area contributed by atoms with Crippen molar-refractivity contribution in [3.63, 3.8) is 0 Å². The molecule has 1 aromatic carbocycles. The molecule has 0 bridgehead atoms. The number of hydrogen-bond donors (Lipinski definition) is 1. The molecule has 0 spiro atoms. The highest BCUT2D eigenvalue weighted by atomic mass is 16.2. The van der Waals surface area contributed by atoms with Gasteiger partial charge in [-0.3, -0.25) is 9.48 Å². The van der Waals surface area contributed by atoms with Crippen LogP contribution in [0.1, 0.15) is 33.7 Å². The van der Waals surface area contributed by atoms with E-state index in [9.17, 15) is 4.79 Å². The van der Waals surface area contributed by atoms with Gasteiger partial charge in [0.1, 0.15) is 0 Å². The van der Waals surface area contributed by atoms with E-state index in [0.717, 1.165) is 35.5 Å². The van der Waals surface area contributed by atoms with Crippen molar-refractivity contribution < 1.29 is 4.79 Å². The SMILES string of the molecule is Cc1cc(C)cc(-n2nnc(C(=O)NCCCn3cccn3)c2C)c1. The Labute approximate surface area is 146 Å². The van der Waals surface area contributed by atoms with Crippen LogP contribution in [0.5, 0.6) is 0 Å². The predicted octanol–water partition coefficient (Wildman–Crippen LogP) is 2.21. The van der Waals surface area contributed by atoms with Crippen molar-refractivity contribution in [3.8, 4) is 5.69 Å². The first-order valence-electron chi connectivity index (χ1n) is 8.31. The fourth-order valence-electron chi connectivity index (χ4n) is 2.82. The maximum atomic E-state index is 12.4. The number of aryl methyl sites for hydroxylation is 3. The van der Waals surface area contributed by atoms with Crippen LogP contribution in [-0.4, -0.2) is 37.2 Å². The van der Waals surface area contributed by atoms with Gasteiger partial charge < -0.3 is 5.32 Å². The number of carbonyl (C=O) groups excluding carboxylic acids is 1. The second kappa shape index (κ2) is 7.29. The Morgan fingerprint density at radius 1 is 1.16 bits per heavy atom. The summed E-state index contributed by atoms with van der Waals surface area (Å²) in [5.74, 6) is -0.200. The summed E-state index contributed by atoms with van der Waals surface area (Å²) in [7, 11) is 0. The van der Waals surface area contributed by atoms with E-state index in [1.165, 1.54) is 0 Å². The van der Waals surface area contributed by atoms with Gasteiger partial charge in [-0.25, -0.2) is 4.68 Å². The molecule has 7 nitrogen and oxygen atoms in total. The predicted molar refractivity (Wildman–Crippen MR) is 94.7 cm³/mol. The normalized spacial score (nSPS) is 10.8. The lowest BCUT2D eigenvalue weighted by Crippen LogP contribution is -2.26. The summed E-state index contributed by atoms with van der Waals surface area (Å²) in [5.41, 5.74) is 4.30. The smallest absolute Gasteiger partial charge is 0.273 e. The first-order chi connectivity index (χ1) is 12.0. The third-order valence-electron chi connectivity index (χ3n) is 3.97. The molecule has 2 heterocycles. The second-order valence-corrected chi connectivity index (χ2v) is 6.16. The maximum Gasteiger partial charge on any atom is 0.273 e. The molecule has 3 aromatic rings. The number of nitrogens with zero attached hydrogens (tertiary/aromatic N) is 5. The van der Waals surface area contributed by atoms with Gasteiger partial charge in [0.25, 0.3) is 5.91 Å². The molecule has 0 fully saturated rings. The summed E-state index contributed by atoms with van der Waals surface area (Å²) in [6.07, 6.45) is 4.45. The van der Waals surface area contributed by atoms with Crippen molar-refractivity contribution in [2.75, 3.05) is 6.54 Å². The van der Waals surface area contributed by atoms with E-state index in [1.54, 1.807) is 10.9 Å². The maximum absolute atomic E-state index is 12.4. The summed E-state index contributed by atoms with van der Waals surface area (Å²) in [4.78, 5) is 12.4. The highest BCUT2D eigenvalue weighted by molar-refractivity contribution is 5.93. The minimum atomic E-state index is -0.200. The Morgan fingerprint density at radius 2 is 1.92 bits per heavy atom. The number of nitrogens with one attached hydrogen (secondary N) is 1. The van der Waals surface area contributed by atoms with Crippen molar-refractivity contribution >= 4 is 5.91 Å². The Balaban J connectivity index is 1.64. The Bertz CT molecular complexity index is 846. The van der Waals surface area contributed by atoms with Crippen molar-refractivity contribution in [3.05, 3.63) is 59.2 Å². The zero-order chi connectivity index (χ0) is 17.8. The Morgan fingerprint density at radius 3 is 2.60 bits per heavy atom. The Kier molecular flexibility index (Phi) is 4.92. The van der Waals surface area contributed by atoms with Crippen LogP contribution in [-0.2, 0) is 6.54 Å². The molecule has 0 saturated carbocycles. The van der Waals surface area contributed by atoms with Crippen LogP contribution in [0.3, 0.4) is 0 Å². The molecule has 0 aliphatic carbocycles. The van der Waals surface area contributed by atoms with E-state index < -0.39 is 0 Å². The fourth-order valence-corrected chi connectivity index (χ4v) is 2.82. The van der Waals surface area contributed by atoms with Crippen LogP contribution < -0.4 is 5.32 Å². The molecule has 3 rings (SSSR count). The Hall–Kier alpha value is -2.96. The highest BCUT2D eigenvalue weighted by Crippen LogP contribution is 2.16. The van der Waals surface area contributed by atoms with Gasteiger partial charge in [-0.15, -0.1) is 5.10 Å². The largest absolute Gasteiger partial charge is 0.351 e. The average molecular weight is 338 g/mol. The van der Waals surface area contributed by atoms with Crippen LogP contribution >= 0.6 is 0 Å². The van der Waals surface area contributed by atoms with Crippen LogP contribution in [0, 0.1) is 20.8 Å². The topological polar surface area (TPSA) is 77.6 Å². The van der Waals surface area contributed by atoms with Crippen LogP contribution in [0.4, 0.5) is 0 Å². The molecule has 130 valence electrons. The number of carbonyl (C=O) groups is 1. The van der Waals surface area contributed by atoms with Crippen molar-refractivity contribution in [2.45, 2.75) is 33.7 Å². The molecule has 0 aliphatic rings. The molecule has 0 unspecified atom stereocenters. The molecule has 7 heteroatoms. The fraction of sp³-hybridized carbons (Fsp3) is 0.333. The van der Waals surface area contributed by atoms with E-state index in [2.05, 4.69) is 26.8 Å². The molecule has 0 atom stereocenters. The minimum absolute atomic E-state index is 0.200. The van der Waals surface area contributed by atoms with E-state index in [4.69, 9.17) is 0 Å². The molecular weight excluding hydrogens is 316 g/mol. The lowest BCUT2D eigenvalue weighted by atomic mass is 10.1. The van der Waals surface area contributed by atoms with Gasteiger partial charge in [0.15, 0.2) is 5.69 Å². The quantitative estimate of drug-likeness (QED) is 0.699. The molecule has 25 heavy (non-hydrogen) atoms. The van der Waals surface area contributed by atoms with Gasteiger partial charge in [0.2, 0.25) is 0 Å². The molecule has 2 aromatic heterocycles. The third-order valence-corrected chi connectivity index (χ3v) is 3.97. The molecular formula is C18H22N6O. The summed E-state index contributed by atoms with van der Waals surface area (Å²) < 4.78 is 3.55. The van der Waals surface area contributed by atoms with Crippen LogP contribution in [0.25, 0.3) is 5.69 Å². The molecule has 0 radical (unpaired) electrons. The summed E-state index contributed by atoms with van der Waals surface area (Å²) in [5, 5.41) is 15.2. The van der Waals surface area contributed by atoms with E-state index in [-0.39, 0.29) is 5.91 Å². The first-order valence-corrected chi connectivity index (χ1v) is 8.31. The lowest BCUT2D eigenvalue weighted by Gasteiger charge is -2.07. The standard InChI is InChI=1S/C18H22N6O/c1-13-10-14(2)12-16(11-13)24-15(3)17(21-22-24)18(25)19-6-4-8-23-9-5-7-20-23/h5,7,9-12H,4,6,8H2,1-3H3,(H,19,25). The number of benzene rings is 1. The number of rotatable bonds is 6. The monoisotopic (exact) mass is 338 g/mol. The summed E-state index contributed by atoms with van der Waals surface area (Å²) in [6.45, 7) is 7.26. The first kappa shape index (κ1) is 16.9. The van der Waals surface area contributed by atoms with Gasteiger partial charge in [-0.05, 0) is 56.5 Å². The number of amides is 1. The van der Waals surface area contributed by atoms with Gasteiger partial charge >= 0.3 is 0 Å². The van der Waals surface area contributed by atoms with Gasteiger partial charge in [-0.2, -0.15) is 5.10 Å².